The molecule has 0 fully saturated rings. The third-order valence-electron chi connectivity index (χ3n) is 3.38. The van der Waals surface area contributed by atoms with Gasteiger partial charge in [0.2, 0.25) is 5.89 Å². The average Bonchev–Trinajstić information content (AvgIpc) is 3.24. The molecule has 3 heterocycles. The van der Waals surface area contributed by atoms with E-state index in [0.29, 0.717) is 21.9 Å². The molecule has 0 aliphatic carbocycles. The summed E-state index contributed by atoms with van der Waals surface area (Å²) in [4.78, 5) is 25.2. The number of thiazole rings is 1. The number of pyridine rings is 1. The number of nitrogens with zero attached hydrogens (tertiary/aromatic N) is 3. The number of aromatic nitrogens is 3. The molecule has 0 bridgehead atoms. The number of oxazole rings is 1. The van der Waals surface area contributed by atoms with Crippen LogP contribution in [-0.2, 0) is 5.41 Å². The van der Waals surface area contributed by atoms with Crippen LogP contribution in [0.3, 0.4) is 0 Å². The minimum atomic E-state index is -0.411. The maximum absolute atomic E-state index is 12.0. The van der Waals surface area contributed by atoms with Crippen molar-refractivity contribution in [1.82, 2.24) is 15.0 Å². The minimum absolute atomic E-state index is 0.0896. The fourth-order valence-electron chi connectivity index (χ4n) is 2.00. The van der Waals surface area contributed by atoms with E-state index in [9.17, 15) is 4.79 Å². The molecule has 0 saturated carbocycles. The Bertz CT molecular complexity index is 957. The molecule has 3 aromatic rings. The van der Waals surface area contributed by atoms with Gasteiger partial charge in [0.05, 0.1) is 18.1 Å². The number of urea groups is 1. The Morgan fingerprint density at radius 3 is 2.59 bits per heavy atom. The minimum Gasteiger partial charge on any atom is -0.441 e. The van der Waals surface area contributed by atoms with Gasteiger partial charge in [-0.05, 0) is 18.2 Å². The van der Waals surface area contributed by atoms with Crippen molar-refractivity contribution in [3.05, 3.63) is 52.4 Å². The quantitative estimate of drug-likeness (QED) is 0.577. The maximum atomic E-state index is 12.0. The largest absolute Gasteiger partial charge is 0.441 e. The van der Waals surface area contributed by atoms with Gasteiger partial charge < -0.3 is 9.73 Å². The molecule has 3 rings (SSSR count). The second kappa shape index (κ2) is 7.89. The van der Waals surface area contributed by atoms with Crippen molar-refractivity contribution in [3.63, 3.8) is 0 Å². The standard InChI is InChI=1S/C18H18ClN5O2S/c1-18(2,3)13-10-21-15(26-13)7-5-12-9-22-17(27-12)24-16(25)23-11-4-6-14(19)20-8-11/h4-10H,1-3H3,(H2,22,23,24,25)/b7-5+. The summed E-state index contributed by atoms with van der Waals surface area (Å²) in [5.74, 6) is 1.35. The molecule has 7 nitrogen and oxygen atoms in total. The zero-order chi connectivity index (χ0) is 19.4. The number of carbonyl (C=O) groups excluding carboxylic acids is 1. The number of amides is 2. The lowest BCUT2D eigenvalue weighted by Crippen LogP contribution is -2.19. The summed E-state index contributed by atoms with van der Waals surface area (Å²) in [7, 11) is 0. The van der Waals surface area contributed by atoms with Gasteiger partial charge in [0.25, 0.3) is 0 Å². The van der Waals surface area contributed by atoms with E-state index >= 15 is 0 Å². The molecular weight excluding hydrogens is 386 g/mol. The Kier molecular flexibility index (Phi) is 5.57. The van der Waals surface area contributed by atoms with Gasteiger partial charge in [0, 0.05) is 22.6 Å². The molecule has 0 radical (unpaired) electrons. The first kappa shape index (κ1) is 19.1. The first-order chi connectivity index (χ1) is 12.8. The Morgan fingerprint density at radius 1 is 1.11 bits per heavy atom. The Balaban J connectivity index is 1.58. The second-order valence-corrected chi connectivity index (χ2v) is 8.11. The lowest BCUT2D eigenvalue weighted by Gasteiger charge is -2.12. The van der Waals surface area contributed by atoms with Crippen molar-refractivity contribution in [2.75, 3.05) is 10.6 Å². The van der Waals surface area contributed by atoms with Gasteiger partial charge in [-0.15, -0.1) is 0 Å². The number of carbonyl (C=O) groups is 1. The Labute approximate surface area is 165 Å². The van der Waals surface area contributed by atoms with Gasteiger partial charge in [-0.3, -0.25) is 5.32 Å². The van der Waals surface area contributed by atoms with Crippen LogP contribution in [0.25, 0.3) is 12.2 Å². The lowest BCUT2D eigenvalue weighted by atomic mass is 9.94. The molecule has 27 heavy (non-hydrogen) atoms. The second-order valence-electron chi connectivity index (χ2n) is 6.66. The zero-order valence-corrected chi connectivity index (χ0v) is 16.6. The summed E-state index contributed by atoms with van der Waals surface area (Å²) < 4.78 is 5.71. The Hall–Kier alpha value is -2.71. The highest BCUT2D eigenvalue weighted by atomic mass is 35.5. The lowest BCUT2D eigenvalue weighted by molar-refractivity contribution is 0.262. The molecule has 0 saturated heterocycles. The zero-order valence-electron chi connectivity index (χ0n) is 15.0. The first-order valence-electron chi connectivity index (χ1n) is 8.09. The fraction of sp³-hybridized carbons (Fsp3) is 0.222. The highest BCUT2D eigenvalue weighted by Gasteiger charge is 2.18. The number of hydrogen-bond donors (Lipinski definition) is 2. The van der Waals surface area contributed by atoms with Crippen LogP contribution in [0.5, 0.6) is 0 Å². The van der Waals surface area contributed by atoms with E-state index < -0.39 is 6.03 Å². The SMILES string of the molecule is CC(C)(C)c1cnc(/C=C/c2cnc(NC(=O)Nc3ccc(Cl)nc3)s2)o1. The Morgan fingerprint density at radius 2 is 1.93 bits per heavy atom. The first-order valence-corrected chi connectivity index (χ1v) is 9.29. The van der Waals surface area contributed by atoms with Crippen molar-refractivity contribution in [1.29, 1.82) is 0 Å². The van der Waals surface area contributed by atoms with Crippen molar-refractivity contribution >= 4 is 51.9 Å². The van der Waals surface area contributed by atoms with Gasteiger partial charge in [-0.25, -0.2) is 19.7 Å². The third-order valence-corrected chi connectivity index (χ3v) is 4.48. The van der Waals surface area contributed by atoms with Gasteiger partial charge in [0.1, 0.15) is 10.9 Å². The maximum Gasteiger partial charge on any atom is 0.325 e. The van der Waals surface area contributed by atoms with Gasteiger partial charge >= 0.3 is 6.03 Å². The van der Waals surface area contributed by atoms with E-state index in [0.717, 1.165) is 10.6 Å². The number of hydrogen-bond acceptors (Lipinski definition) is 6. The average molecular weight is 404 g/mol. The molecule has 0 aliphatic heterocycles. The van der Waals surface area contributed by atoms with Crippen LogP contribution in [0.1, 0.15) is 37.3 Å². The normalized spacial score (nSPS) is 11.7. The van der Waals surface area contributed by atoms with Crippen LogP contribution >= 0.6 is 22.9 Å². The van der Waals surface area contributed by atoms with Crippen LogP contribution in [-0.4, -0.2) is 21.0 Å². The highest BCUT2D eigenvalue weighted by Crippen LogP contribution is 2.24. The summed E-state index contributed by atoms with van der Waals surface area (Å²) in [5.41, 5.74) is 0.445. The van der Waals surface area contributed by atoms with E-state index in [1.807, 2.05) is 6.08 Å². The highest BCUT2D eigenvalue weighted by molar-refractivity contribution is 7.16. The summed E-state index contributed by atoms with van der Waals surface area (Å²) >= 11 is 7.04. The number of anilines is 2. The molecule has 0 aromatic carbocycles. The van der Waals surface area contributed by atoms with Crippen molar-refractivity contribution in [2.45, 2.75) is 26.2 Å². The van der Waals surface area contributed by atoms with Crippen LogP contribution in [0, 0.1) is 0 Å². The molecule has 0 aliphatic rings. The van der Waals surface area contributed by atoms with Crippen LogP contribution in [0.4, 0.5) is 15.6 Å². The van der Waals surface area contributed by atoms with E-state index in [1.165, 1.54) is 17.5 Å². The van der Waals surface area contributed by atoms with Gasteiger partial charge in [0.15, 0.2) is 5.13 Å². The summed E-state index contributed by atoms with van der Waals surface area (Å²) in [6, 6.07) is 2.84. The number of rotatable bonds is 4. The summed E-state index contributed by atoms with van der Waals surface area (Å²) in [5, 5.41) is 6.15. The molecule has 2 amide bonds. The monoisotopic (exact) mass is 403 g/mol. The molecule has 0 spiro atoms. The van der Waals surface area contributed by atoms with Gasteiger partial charge in [-0.1, -0.05) is 43.7 Å². The molecule has 3 aromatic heterocycles. The van der Waals surface area contributed by atoms with Gasteiger partial charge in [-0.2, -0.15) is 0 Å². The van der Waals surface area contributed by atoms with Crippen LogP contribution in [0.15, 0.2) is 35.1 Å². The number of nitrogens with one attached hydrogen (secondary N) is 2. The topological polar surface area (TPSA) is 92.9 Å². The van der Waals surface area contributed by atoms with E-state index in [1.54, 1.807) is 30.6 Å². The van der Waals surface area contributed by atoms with Crippen molar-refractivity contribution < 1.29 is 9.21 Å². The molecule has 0 unspecified atom stereocenters. The fourth-order valence-corrected chi connectivity index (χ4v) is 2.82. The summed E-state index contributed by atoms with van der Waals surface area (Å²) in [6.45, 7) is 6.19. The molecule has 9 heteroatoms. The summed E-state index contributed by atoms with van der Waals surface area (Å²) in [6.07, 6.45) is 8.47. The molecule has 140 valence electrons. The molecule has 0 atom stereocenters. The van der Waals surface area contributed by atoms with Crippen molar-refractivity contribution in [3.8, 4) is 0 Å². The smallest absolute Gasteiger partial charge is 0.325 e. The number of halogens is 1. The predicted octanol–water partition coefficient (Wildman–Crippen LogP) is 5.29. The van der Waals surface area contributed by atoms with E-state index in [4.69, 9.17) is 16.0 Å². The van der Waals surface area contributed by atoms with E-state index in [2.05, 4.69) is 46.4 Å². The van der Waals surface area contributed by atoms with Crippen molar-refractivity contribution in [2.24, 2.45) is 0 Å². The predicted molar refractivity (Wildman–Crippen MR) is 108 cm³/mol. The molecular formula is C18H18ClN5O2S. The molecule has 2 N–H and O–H groups in total. The van der Waals surface area contributed by atoms with Crippen LogP contribution in [0.2, 0.25) is 5.15 Å². The van der Waals surface area contributed by atoms with Crippen LogP contribution < -0.4 is 10.6 Å². The van der Waals surface area contributed by atoms with E-state index in [-0.39, 0.29) is 5.41 Å². The third kappa shape index (κ3) is 5.38.